The molecule has 7 heteroatoms. The fourth-order valence-corrected chi connectivity index (χ4v) is 3.53. The summed E-state index contributed by atoms with van der Waals surface area (Å²) < 4.78 is 32.7. The Labute approximate surface area is 120 Å². The number of benzene rings is 1. The number of nitrogen functional groups attached to an aromatic ring is 1. The second-order valence-corrected chi connectivity index (χ2v) is 6.81. The van der Waals surface area contributed by atoms with Crippen LogP contribution in [0.25, 0.3) is 0 Å². The predicted octanol–water partition coefficient (Wildman–Crippen LogP) is 0.186. The van der Waals surface area contributed by atoms with Gasteiger partial charge < -0.3 is 15.4 Å². The number of morpholine rings is 1. The first-order chi connectivity index (χ1) is 9.40. The van der Waals surface area contributed by atoms with Gasteiger partial charge in [0, 0.05) is 25.3 Å². The summed E-state index contributed by atoms with van der Waals surface area (Å²) >= 11 is 0. The molecule has 20 heavy (non-hydrogen) atoms. The van der Waals surface area contributed by atoms with Crippen LogP contribution in [-0.2, 0) is 14.8 Å². The van der Waals surface area contributed by atoms with Crippen molar-refractivity contribution in [2.24, 2.45) is 0 Å². The Hall–Kier alpha value is -1.15. The van der Waals surface area contributed by atoms with Gasteiger partial charge in [-0.15, -0.1) is 0 Å². The molecule has 1 fully saturated rings. The minimum Gasteiger partial charge on any atom is -0.398 e. The summed E-state index contributed by atoms with van der Waals surface area (Å²) in [6.45, 7) is 4.19. The zero-order valence-corrected chi connectivity index (χ0v) is 12.6. The van der Waals surface area contributed by atoms with Gasteiger partial charge in [-0.2, -0.15) is 0 Å². The van der Waals surface area contributed by atoms with E-state index in [-0.39, 0.29) is 17.5 Å². The van der Waals surface area contributed by atoms with Crippen molar-refractivity contribution in [3.8, 4) is 0 Å². The maximum Gasteiger partial charge on any atom is 0.240 e. The molecule has 112 valence electrons. The van der Waals surface area contributed by atoms with Crippen LogP contribution >= 0.6 is 0 Å². The van der Waals surface area contributed by atoms with E-state index in [1.54, 1.807) is 25.1 Å². The lowest BCUT2D eigenvalue weighted by Gasteiger charge is -2.30. The summed E-state index contributed by atoms with van der Waals surface area (Å²) in [6.07, 6.45) is -0.120. The first kappa shape index (κ1) is 15.2. The van der Waals surface area contributed by atoms with E-state index in [0.717, 1.165) is 13.1 Å². The van der Waals surface area contributed by atoms with Crippen LogP contribution in [0, 0.1) is 6.92 Å². The molecule has 1 atom stereocenters. The number of nitrogens with one attached hydrogen (secondary N) is 1. The van der Waals surface area contributed by atoms with Gasteiger partial charge in [0.05, 0.1) is 17.6 Å². The number of ether oxygens (including phenoxy) is 1. The normalized spacial score (nSPS) is 21.0. The fourth-order valence-electron chi connectivity index (χ4n) is 2.19. The molecular weight excluding hydrogens is 278 g/mol. The lowest BCUT2D eigenvalue weighted by Crippen LogP contribution is -2.45. The largest absolute Gasteiger partial charge is 0.398 e. The number of likely N-dealkylation sites (N-methyl/N-ethyl adjacent to an activating group) is 1. The highest BCUT2D eigenvalue weighted by atomic mass is 32.2. The van der Waals surface area contributed by atoms with Gasteiger partial charge in [-0.05, 0) is 31.7 Å². The number of anilines is 1. The van der Waals surface area contributed by atoms with Crippen molar-refractivity contribution >= 4 is 15.7 Å². The molecule has 0 bridgehead atoms. The maximum atomic E-state index is 12.3. The topological polar surface area (TPSA) is 84.7 Å². The van der Waals surface area contributed by atoms with Gasteiger partial charge in [-0.3, -0.25) is 0 Å². The van der Waals surface area contributed by atoms with Gasteiger partial charge in [-0.25, -0.2) is 13.1 Å². The zero-order valence-electron chi connectivity index (χ0n) is 11.8. The number of sulfonamides is 1. The molecule has 0 aromatic heterocycles. The summed E-state index contributed by atoms with van der Waals surface area (Å²) in [5, 5.41) is 0. The molecule has 6 nitrogen and oxygen atoms in total. The van der Waals surface area contributed by atoms with Crippen LogP contribution in [0.2, 0.25) is 0 Å². The molecule has 0 spiro atoms. The van der Waals surface area contributed by atoms with Crippen molar-refractivity contribution in [3.05, 3.63) is 23.8 Å². The van der Waals surface area contributed by atoms with E-state index >= 15 is 0 Å². The Morgan fingerprint density at radius 1 is 1.50 bits per heavy atom. The van der Waals surface area contributed by atoms with E-state index in [9.17, 15) is 8.42 Å². The number of hydrogen-bond donors (Lipinski definition) is 2. The molecular formula is C13H21N3O3S. The standard InChI is InChI=1S/C13H21N3O3S/c1-10-12(14)4-3-5-13(10)20(17,18)15-8-11-9-16(2)6-7-19-11/h3-5,11,15H,6-9,14H2,1-2H3. The molecule has 2 rings (SSSR count). The summed E-state index contributed by atoms with van der Waals surface area (Å²) in [5.74, 6) is 0. The highest BCUT2D eigenvalue weighted by Gasteiger charge is 2.22. The van der Waals surface area contributed by atoms with Gasteiger partial charge >= 0.3 is 0 Å². The van der Waals surface area contributed by atoms with Crippen molar-refractivity contribution in [3.63, 3.8) is 0 Å². The third kappa shape index (κ3) is 3.49. The number of nitrogens with zero attached hydrogens (tertiary/aromatic N) is 1. The van der Waals surface area contributed by atoms with Gasteiger partial charge in [0.15, 0.2) is 0 Å². The molecule has 1 saturated heterocycles. The average Bonchev–Trinajstić information content (AvgIpc) is 2.40. The molecule has 1 heterocycles. The predicted molar refractivity (Wildman–Crippen MR) is 78.0 cm³/mol. The maximum absolute atomic E-state index is 12.3. The van der Waals surface area contributed by atoms with E-state index in [1.807, 2.05) is 7.05 Å². The van der Waals surface area contributed by atoms with Crippen LogP contribution < -0.4 is 10.5 Å². The van der Waals surface area contributed by atoms with E-state index < -0.39 is 10.0 Å². The van der Waals surface area contributed by atoms with Crippen molar-refractivity contribution in [1.82, 2.24) is 9.62 Å². The molecule has 0 radical (unpaired) electrons. The fraction of sp³-hybridized carbons (Fsp3) is 0.538. The van der Waals surface area contributed by atoms with Crippen LogP contribution in [0.1, 0.15) is 5.56 Å². The van der Waals surface area contributed by atoms with Crippen molar-refractivity contribution in [2.75, 3.05) is 39.0 Å². The Balaban J connectivity index is 2.06. The van der Waals surface area contributed by atoms with Crippen LogP contribution in [0.4, 0.5) is 5.69 Å². The highest BCUT2D eigenvalue weighted by molar-refractivity contribution is 7.89. The second-order valence-electron chi connectivity index (χ2n) is 5.08. The van der Waals surface area contributed by atoms with Crippen LogP contribution in [0.3, 0.4) is 0 Å². The third-order valence-electron chi connectivity index (χ3n) is 3.46. The Morgan fingerprint density at radius 2 is 2.25 bits per heavy atom. The SMILES string of the molecule is Cc1c(N)cccc1S(=O)(=O)NCC1CN(C)CCO1. The third-order valence-corrected chi connectivity index (χ3v) is 5.03. The van der Waals surface area contributed by atoms with Gasteiger partial charge in [0.25, 0.3) is 0 Å². The smallest absolute Gasteiger partial charge is 0.240 e. The number of hydrogen-bond acceptors (Lipinski definition) is 5. The van der Waals surface area contributed by atoms with E-state index in [1.165, 1.54) is 0 Å². The molecule has 1 aromatic rings. The first-order valence-electron chi connectivity index (χ1n) is 6.55. The lowest BCUT2D eigenvalue weighted by molar-refractivity contribution is -0.0156. The second kappa shape index (κ2) is 6.09. The van der Waals surface area contributed by atoms with E-state index in [0.29, 0.717) is 17.9 Å². The first-order valence-corrected chi connectivity index (χ1v) is 8.03. The van der Waals surface area contributed by atoms with Crippen LogP contribution in [-0.4, -0.2) is 52.7 Å². The highest BCUT2D eigenvalue weighted by Crippen LogP contribution is 2.20. The molecule has 1 unspecified atom stereocenters. The summed E-state index contributed by atoms with van der Waals surface area (Å²) in [6, 6.07) is 4.89. The number of nitrogens with two attached hydrogens (primary N) is 1. The minimum absolute atomic E-state index is 0.120. The summed E-state index contributed by atoms with van der Waals surface area (Å²) in [5.41, 5.74) is 6.80. The van der Waals surface area contributed by atoms with Crippen molar-refractivity contribution in [1.29, 1.82) is 0 Å². The Morgan fingerprint density at radius 3 is 2.95 bits per heavy atom. The Kier molecular flexibility index (Phi) is 4.64. The summed E-state index contributed by atoms with van der Waals surface area (Å²) in [7, 11) is -1.57. The quantitative estimate of drug-likeness (QED) is 0.775. The van der Waals surface area contributed by atoms with Gasteiger partial charge in [0.2, 0.25) is 10.0 Å². The monoisotopic (exact) mass is 299 g/mol. The minimum atomic E-state index is -3.56. The van der Waals surface area contributed by atoms with Gasteiger partial charge in [0.1, 0.15) is 0 Å². The van der Waals surface area contributed by atoms with Crippen LogP contribution in [0.15, 0.2) is 23.1 Å². The molecule has 3 N–H and O–H groups in total. The Bertz CT molecular complexity index is 574. The average molecular weight is 299 g/mol. The van der Waals surface area contributed by atoms with E-state index in [4.69, 9.17) is 10.5 Å². The molecule has 0 saturated carbocycles. The van der Waals surface area contributed by atoms with Crippen LogP contribution in [0.5, 0.6) is 0 Å². The molecule has 1 aromatic carbocycles. The molecule has 1 aliphatic rings. The molecule has 0 amide bonds. The molecule has 0 aliphatic carbocycles. The van der Waals surface area contributed by atoms with Crippen molar-refractivity contribution < 1.29 is 13.2 Å². The molecule has 1 aliphatic heterocycles. The summed E-state index contributed by atoms with van der Waals surface area (Å²) in [4.78, 5) is 2.34. The zero-order chi connectivity index (χ0) is 14.8. The van der Waals surface area contributed by atoms with E-state index in [2.05, 4.69) is 9.62 Å². The van der Waals surface area contributed by atoms with Gasteiger partial charge in [-0.1, -0.05) is 6.07 Å². The van der Waals surface area contributed by atoms with Crippen molar-refractivity contribution in [2.45, 2.75) is 17.9 Å². The lowest BCUT2D eigenvalue weighted by atomic mass is 10.2. The number of rotatable bonds is 4.